The number of nitrogens with one attached hydrogen (secondary N) is 1. The van der Waals surface area contributed by atoms with Crippen LogP contribution in [-0.2, 0) is 21.4 Å². The first-order valence-electron chi connectivity index (χ1n) is 10.0. The van der Waals surface area contributed by atoms with Crippen LogP contribution in [-0.4, -0.2) is 37.6 Å². The van der Waals surface area contributed by atoms with Crippen molar-refractivity contribution >= 4 is 45.5 Å². The van der Waals surface area contributed by atoms with Gasteiger partial charge in [0.15, 0.2) is 0 Å². The van der Waals surface area contributed by atoms with Gasteiger partial charge in [0.2, 0.25) is 10.0 Å². The molecular formula is C24H24ClN3O3S2. The van der Waals surface area contributed by atoms with Crippen molar-refractivity contribution < 1.29 is 13.2 Å². The van der Waals surface area contributed by atoms with Gasteiger partial charge >= 0.3 is 0 Å². The summed E-state index contributed by atoms with van der Waals surface area (Å²) in [5, 5.41) is 4.45. The van der Waals surface area contributed by atoms with E-state index in [-0.39, 0.29) is 11.4 Å². The number of hydrazone groups is 1. The summed E-state index contributed by atoms with van der Waals surface area (Å²) in [6.07, 6.45) is 3.50. The fraction of sp³-hybridized carbons (Fsp3) is 0.167. The van der Waals surface area contributed by atoms with Crippen LogP contribution in [0.5, 0.6) is 0 Å². The summed E-state index contributed by atoms with van der Waals surface area (Å²) in [5.74, 6) is -0.551. The molecule has 0 saturated carbocycles. The lowest BCUT2D eigenvalue weighted by molar-refractivity contribution is -0.121. The molecule has 0 aliphatic heterocycles. The van der Waals surface area contributed by atoms with Gasteiger partial charge in [-0.25, -0.2) is 13.8 Å². The Morgan fingerprint density at radius 2 is 1.79 bits per heavy atom. The molecular weight excluding hydrogens is 478 g/mol. The summed E-state index contributed by atoms with van der Waals surface area (Å²) in [5.41, 5.74) is 4.84. The number of benzene rings is 3. The van der Waals surface area contributed by atoms with Crippen LogP contribution < -0.4 is 5.43 Å². The van der Waals surface area contributed by atoms with Gasteiger partial charge < -0.3 is 0 Å². The van der Waals surface area contributed by atoms with Crippen LogP contribution in [0.3, 0.4) is 0 Å². The Balaban J connectivity index is 1.77. The van der Waals surface area contributed by atoms with Crippen molar-refractivity contribution in [3.63, 3.8) is 0 Å². The summed E-state index contributed by atoms with van der Waals surface area (Å²) in [4.78, 5) is 13.8. The molecule has 0 fully saturated rings. The summed E-state index contributed by atoms with van der Waals surface area (Å²) < 4.78 is 27.7. The highest BCUT2D eigenvalue weighted by Gasteiger charge is 2.27. The highest BCUT2D eigenvalue weighted by molar-refractivity contribution is 7.98. The molecule has 0 aromatic heterocycles. The number of hydrogen-bond acceptors (Lipinski definition) is 5. The third-order valence-electron chi connectivity index (χ3n) is 4.75. The van der Waals surface area contributed by atoms with Crippen LogP contribution in [0.4, 0.5) is 0 Å². The van der Waals surface area contributed by atoms with Gasteiger partial charge in [0.1, 0.15) is 0 Å². The topological polar surface area (TPSA) is 78.8 Å². The summed E-state index contributed by atoms with van der Waals surface area (Å²) >= 11 is 7.69. The largest absolute Gasteiger partial charge is 0.272 e. The highest BCUT2D eigenvalue weighted by Crippen LogP contribution is 2.20. The Bertz CT molecular complexity index is 1230. The number of hydrogen-bond donors (Lipinski definition) is 1. The fourth-order valence-electron chi connectivity index (χ4n) is 2.99. The Hall–Kier alpha value is -2.65. The van der Waals surface area contributed by atoms with Crippen LogP contribution in [0.1, 0.15) is 16.7 Å². The normalized spacial score (nSPS) is 11.8. The van der Waals surface area contributed by atoms with Gasteiger partial charge in [0.25, 0.3) is 5.91 Å². The monoisotopic (exact) mass is 501 g/mol. The van der Waals surface area contributed by atoms with Gasteiger partial charge in [-0.15, -0.1) is 11.8 Å². The van der Waals surface area contributed by atoms with Crippen LogP contribution in [0.25, 0.3) is 0 Å². The van der Waals surface area contributed by atoms with E-state index in [0.29, 0.717) is 10.6 Å². The Labute approximate surface area is 203 Å². The fourth-order valence-corrected chi connectivity index (χ4v) is 4.99. The van der Waals surface area contributed by atoms with Crippen molar-refractivity contribution in [3.8, 4) is 0 Å². The van der Waals surface area contributed by atoms with Crippen molar-refractivity contribution in [1.82, 2.24) is 9.73 Å². The molecule has 3 aromatic carbocycles. The average molecular weight is 502 g/mol. The predicted octanol–water partition coefficient (Wildman–Crippen LogP) is 4.71. The van der Waals surface area contributed by atoms with Gasteiger partial charge in [-0.1, -0.05) is 53.6 Å². The van der Waals surface area contributed by atoms with Crippen molar-refractivity contribution in [2.75, 3.05) is 12.8 Å². The van der Waals surface area contributed by atoms with E-state index < -0.39 is 22.5 Å². The Morgan fingerprint density at radius 3 is 2.42 bits per heavy atom. The molecule has 1 amide bonds. The second-order valence-electron chi connectivity index (χ2n) is 7.28. The second-order valence-corrected chi connectivity index (χ2v) is 10.5. The maximum Gasteiger partial charge on any atom is 0.255 e. The quantitative estimate of drug-likeness (QED) is 0.261. The number of aryl methyl sites for hydroxylation is 1. The molecule has 9 heteroatoms. The molecule has 33 heavy (non-hydrogen) atoms. The molecule has 3 rings (SSSR count). The highest BCUT2D eigenvalue weighted by atomic mass is 35.5. The van der Waals surface area contributed by atoms with E-state index >= 15 is 0 Å². The molecule has 1 N–H and O–H groups in total. The van der Waals surface area contributed by atoms with E-state index in [1.807, 2.05) is 37.4 Å². The molecule has 0 atom stereocenters. The van der Waals surface area contributed by atoms with E-state index in [9.17, 15) is 13.2 Å². The van der Waals surface area contributed by atoms with Crippen molar-refractivity contribution in [3.05, 3.63) is 94.5 Å². The zero-order valence-electron chi connectivity index (χ0n) is 18.2. The van der Waals surface area contributed by atoms with Crippen molar-refractivity contribution in [2.45, 2.75) is 23.3 Å². The maximum absolute atomic E-state index is 13.3. The SMILES string of the molecule is CSc1ccc(/C=N\NC(=O)CN(Cc2cccc(Cl)c2)S(=O)(=O)c2ccc(C)cc2)cc1. The van der Waals surface area contributed by atoms with Crippen molar-refractivity contribution in [2.24, 2.45) is 5.10 Å². The predicted molar refractivity (Wildman–Crippen MR) is 134 cm³/mol. The standard InChI is InChI=1S/C24H24ClN3O3S2/c1-18-6-12-23(13-7-18)33(30,31)28(16-20-4-3-5-21(25)14-20)17-24(29)27-26-15-19-8-10-22(32-2)11-9-19/h3-15H,16-17H2,1-2H3,(H,27,29)/b26-15-. The average Bonchev–Trinajstić information content (AvgIpc) is 2.79. The minimum atomic E-state index is -3.93. The number of thioether (sulfide) groups is 1. The molecule has 0 aliphatic rings. The molecule has 0 saturated heterocycles. The lowest BCUT2D eigenvalue weighted by Gasteiger charge is -2.21. The van der Waals surface area contributed by atoms with E-state index in [2.05, 4.69) is 10.5 Å². The lowest BCUT2D eigenvalue weighted by atomic mass is 10.2. The zero-order chi connectivity index (χ0) is 23.8. The number of sulfonamides is 1. The summed E-state index contributed by atoms with van der Waals surface area (Å²) in [6, 6.07) is 21.1. The third-order valence-corrected chi connectivity index (χ3v) is 7.53. The van der Waals surface area contributed by atoms with Crippen LogP contribution in [0, 0.1) is 6.92 Å². The third kappa shape index (κ3) is 7.17. The molecule has 0 unspecified atom stereocenters. The maximum atomic E-state index is 13.3. The molecule has 0 heterocycles. The lowest BCUT2D eigenvalue weighted by Crippen LogP contribution is -2.39. The first-order valence-corrected chi connectivity index (χ1v) is 13.1. The molecule has 0 radical (unpaired) electrons. The molecule has 0 bridgehead atoms. The van der Waals surface area contributed by atoms with Gasteiger partial charge in [-0.2, -0.15) is 9.41 Å². The summed E-state index contributed by atoms with van der Waals surface area (Å²) in [7, 11) is -3.93. The smallest absolute Gasteiger partial charge is 0.255 e. The van der Waals surface area contributed by atoms with E-state index in [4.69, 9.17) is 11.6 Å². The molecule has 0 aliphatic carbocycles. The summed E-state index contributed by atoms with van der Waals surface area (Å²) in [6.45, 7) is 1.47. The number of nitrogens with zero attached hydrogens (tertiary/aromatic N) is 2. The number of amides is 1. The number of carbonyl (C=O) groups is 1. The Morgan fingerprint density at radius 1 is 1.09 bits per heavy atom. The van der Waals surface area contributed by atoms with Gasteiger partial charge in [0, 0.05) is 16.5 Å². The molecule has 0 spiro atoms. The minimum Gasteiger partial charge on any atom is -0.272 e. The Kier molecular flexibility index (Phi) is 8.68. The number of rotatable bonds is 9. The molecule has 6 nitrogen and oxygen atoms in total. The van der Waals surface area contributed by atoms with Gasteiger partial charge in [0.05, 0.1) is 17.7 Å². The van der Waals surface area contributed by atoms with E-state index in [1.165, 1.54) is 18.3 Å². The van der Waals surface area contributed by atoms with Crippen molar-refractivity contribution in [1.29, 1.82) is 0 Å². The van der Waals surface area contributed by atoms with Crippen LogP contribution in [0.15, 0.2) is 87.7 Å². The van der Waals surface area contributed by atoms with E-state index in [0.717, 1.165) is 20.3 Å². The first kappa shape index (κ1) is 25.0. The second kappa shape index (κ2) is 11.5. The molecule has 172 valence electrons. The van der Waals surface area contributed by atoms with Gasteiger partial charge in [-0.3, -0.25) is 4.79 Å². The van der Waals surface area contributed by atoms with Gasteiger partial charge in [-0.05, 0) is 60.7 Å². The minimum absolute atomic E-state index is 0.00987. The number of carbonyl (C=O) groups excluding carboxylic acids is 1. The zero-order valence-corrected chi connectivity index (χ0v) is 20.6. The first-order chi connectivity index (χ1) is 15.8. The molecule has 3 aromatic rings. The van der Waals surface area contributed by atoms with Crippen LogP contribution in [0.2, 0.25) is 5.02 Å². The number of halogens is 1. The van der Waals surface area contributed by atoms with E-state index in [1.54, 1.807) is 48.2 Å². The van der Waals surface area contributed by atoms with Crippen LogP contribution >= 0.6 is 23.4 Å².